The normalized spacial score (nSPS) is 17.4. The van der Waals surface area contributed by atoms with Crippen LogP contribution < -0.4 is 4.90 Å². The summed E-state index contributed by atoms with van der Waals surface area (Å²) in [6, 6.07) is 4.20. The maximum Gasteiger partial charge on any atom is 0.156 e. The highest BCUT2D eigenvalue weighted by Gasteiger charge is 2.29. The van der Waals surface area contributed by atoms with E-state index >= 15 is 0 Å². The van der Waals surface area contributed by atoms with E-state index in [2.05, 4.69) is 34.8 Å². The summed E-state index contributed by atoms with van der Waals surface area (Å²) in [6.45, 7) is 4.81. The maximum atomic E-state index is 4.69. The van der Waals surface area contributed by atoms with E-state index in [1.54, 1.807) is 12.4 Å². The van der Waals surface area contributed by atoms with Gasteiger partial charge in [0.2, 0.25) is 0 Å². The first-order chi connectivity index (χ1) is 11.7. The molecule has 0 spiro atoms. The number of hydrogen-bond acceptors (Lipinski definition) is 6. The molecule has 4 rings (SSSR count). The van der Waals surface area contributed by atoms with Crippen LogP contribution in [0.15, 0.2) is 30.7 Å². The molecule has 1 atom stereocenters. The van der Waals surface area contributed by atoms with Gasteiger partial charge in [0.25, 0.3) is 0 Å². The number of rotatable bonds is 3. The van der Waals surface area contributed by atoms with Crippen LogP contribution in [0.4, 0.5) is 5.82 Å². The molecule has 122 valence electrons. The minimum Gasteiger partial charge on any atom is -0.348 e. The number of H-pyrrole nitrogens is 1. The van der Waals surface area contributed by atoms with Gasteiger partial charge in [-0.3, -0.25) is 0 Å². The third-order valence-electron chi connectivity index (χ3n) is 4.25. The van der Waals surface area contributed by atoms with Crippen molar-refractivity contribution in [3.63, 3.8) is 0 Å². The van der Waals surface area contributed by atoms with E-state index < -0.39 is 0 Å². The lowest BCUT2D eigenvalue weighted by molar-refractivity contribution is 0.678. The van der Waals surface area contributed by atoms with Crippen LogP contribution in [-0.4, -0.2) is 36.4 Å². The van der Waals surface area contributed by atoms with E-state index in [1.807, 2.05) is 32.2 Å². The van der Waals surface area contributed by atoms with Crippen LogP contribution in [0.5, 0.6) is 0 Å². The second-order valence-corrected chi connectivity index (χ2v) is 5.98. The minimum absolute atomic E-state index is 0.203. The number of aromatic nitrogens is 6. The molecular weight excluding hydrogens is 302 g/mol. The number of nitrogens with zero attached hydrogens (tertiary/aromatic N) is 6. The highest BCUT2D eigenvalue weighted by atomic mass is 15.2. The van der Waals surface area contributed by atoms with Crippen molar-refractivity contribution in [3.8, 4) is 11.5 Å². The molecule has 0 amide bonds. The van der Waals surface area contributed by atoms with Gasteiger partial charge in [0.1, 0.15) is 23.2 Å². The molecule has 1 aliphatic rings. The lowest BCUT2D eigenvalue weighted by Gasteiger charge is -2.25. The zero-order valence-electron chi connectivity index (χ0n) is 13.8. The number of imidazole rings is 1. The molecule has 1 N–H and O–H groups in total. The average Bonchev–Trinajstić information content (AvgIpc) is 3.26. The van der Waals surface area contributed by atoms with Gasteiger partial charge in [-0.1, -0.05) is 0 Å². The Hall–Kier alpha value is -2.83. The Bertz CT molecular complexity index is 844. The van der Waals surface area contributed by atoms with Gasteiger partial charge in [-0.15, -0.1) is 0 Å². The molecular formula is C17H19N7. The number of aromatic amines is 1. The molecule has 0 radical (unpaired) electrons. The van der Waals surface area contributed by atoms with Crippen molar-refractivity contribution in [2.24, 2.45) is 0 Å². The lowest BCUT2D eigenvalue weighted by atomic mass is 10.1. The first-order valence-electron chi connectivity index (χ1n) is 8.12. The van der Waals surface area contributed by atoms with E-state index in [-0.39, 0.29) is 6.04 Å². The van der Waals surface area contributed by atoms with Crippen molar-refractivity contribution in [2.45, 2.75) is 32.7 Å². The second-order valence-electron chi connectivity index (χ2n) is 5.98. The number of hydrogen-bond donors (Lipinski definition) is 1. The Kier molecular flexibility index (Phi) is 3.68. The zero-order valence-corrected chi connectivity index (χ0v) is 13.8. The number of aryl methyl sites for hydroxylation is 2. The monoisotopic (exact) mass is 321 g/mol. The fraction of sp³-hybridized carbons (Fsp3) is 0.353. The Labute approximate surface area is 140 Å². The van der Waals surface area contributed by atoms with E-state index in [0.717, 1.165) is 54.1 Å². The topological polar surface area (TPSA) is 83.5 Å². The van der Waals surface area contributed by atoms with Crippen LogP contribution in [0.1, 0.15) is 36.2 Å². The summed E-state index contributed by atoms with van der Waals surface area (Å²) in [5.74, 6) is 3.27. The quantitative estimate of drug-likeness (QED) is 0.798. The molecule has 3 aromatic rings. The van der Waals surface area contributed by atoms with E-state index in [0.29, 0.717) is 0 Å². The largest absolute Gasteiger partial charge is 0.348 e. The highest BCUT2D eigenvalue weighted by molar-refractivity contribution is 5.51. The molecule has 24 heavy (non-hydrogen) atoms. The third-order valence-corrected chi connectivity index (χ3v) is 4.25. The molecule has 7 nitrogen and oxygen atoms in total. The third kappa shape index (κ3) is 2.73. The molecule has 0 saturated carbocycles. The Morgan fingerprint density at radius 1 is 1.08 bits per heavy atom. The fourth-order valence-corrected chi connectivity index (χ4v) is 3.24. The molecule has 1 fully saturated rings. The minimum atomic E-state index is 0.203. The van der Waals surface area contributed by atoms with Crippen LogP contribution in [0.3, 0.4) is 0 Å². The molecule has 1 aliphatic heterocycles. The maximum absolute atomic E-state index is 4.69. The first-order valence-corrected chi connectivity index (χ1v) is 8.12. The highest BCUT2D eigenvalue weighted by Crippen LogP contribution is 2.35. The molecule has 0 aliphatic carbocycles. The van der Waals surface area contributed by atoms with Crippen LogP contribution in [-0.2, 0) is 0 Å². The summed E-state index contributed by atoms with van der Waals surface area (Å²) in [5, 5.41) is 0. The van der Waals surface area contributed by atoms with Gasteiger partial charge in [0.05, 0.1) is 11.7 Å². The first kappa shape index (κ1) is 14.7. The standard InChI is InChI=1S/C17H19N7/c1-11-18-6-5-16(23-11)24-9-3-4-15(24)13-10-14(22-12(2)21-13)17-19-7-8-20-17/h5-8,10,15H,3-4,9H2,1-2H3,(H,19,20). The molecule has 0 aromatic carbocycles. The van der Waals surface area contributed by atoms with Gasteiger partial charge in [0.15, 0.2) is 5.82 Å². The Balaban J connectivity index is 1.72. The molecule has 1 saturated heterocycles. The van der Waals surface area contributed by atoms with Crippen molar-refractivity contribution >= 4 is 5.82 Å². The predicted octanol–water partition coefficient (Wildman–Crippen LogP) is 2.62. The van der Waals surface area contributed by atoms with Crippen LogP contribution in [0.25, 0.3) is 11.5 Å². The summed E-state index contributed by atoms with van der Waals surface area (Å²) in [4.78, 5) is 27.7. The van der Waals surface area contributed by atoms with Crippen LogP contribution >= 0.6 is 0 Å². The van der Waals surface area contributed by atoms with Crippen molar-refractivity contribution in [1.82, 2.24) is 29.9 Å². The predicted molar refractivity (Wildman–Crippen MR) is 90.4 cm³/mol. The smallest absolute Gasteiger partial charge is 0.156 e. The zero-order chi connectivity index (χ0) is 16.5. The fourth-order valence-electron chi connectivity index (χ4n) is 3.24. The van der Waals surface area contributed by atoms with Crippen LogP contribution in [0.2, 0.25) is 0 Å². The van der Waals surface area contributed by atoms with E-state index in [4.69, 9.17) is 0 Å². The molecule has 3 aromatic heterocycles. The Morgan fingerprint density at radius 3 is 2.79 bits per heavy atom. The Morgan fingerprint density at radius 2 is 2.00 bits per heavy atom. The SMILES string of the molecule is Cc1nc(-c2ncc[nH]2)cc(C2CCCN2c2ccnc(C)n2)n1. The lowest BCUT2D eigenvalue weighted by Crippen LogP contribution is -2.25. The van der Waals surface area contributed by atoms with E-state index in [9.17, 15) is 0 Å². The van der Waals surface area contributed by atoms with Crippen molar-refractivity contribution in [2.75, 3.05) is 11.4 Å². The van der Waals surface area contributed by atoms with Gasteiger partial charge < -0.3 is 9.88 Å². The molecule has 0 bridgehead atoms. The molecule has 7 heteroatoms. The van der Waals surface area contributed by atoms with Gasteiger partial charge in [-0.25, -0.2) is 24.9 Å². The number of anilines is 1. The van der Waals surface area contributed by atoms with Gasteiger partial charge >= 0.3 is 0 Å². The van der Waals surface area contributed by atoms with E-state index in [1.165, 1.54) is 0 Å². The van der Waals surface area contributed by atoms with Gasteiger partial charge in [-0.05, 0) is 38.8 Å². The second kappa shape index (κ2) is 5.99. The van der Waals surface area contributed by atoms with Gasteiger partial charge in [0, 0.05) is 25.1 Å². The van der Waals surface area contributed by atoms with Crippen molar-refractivity contribution in [3.05, 3.63) is 48.1 Å². The summed E-state index contributed by atoms with van der Waals surface area (Å²) < 4.78 is 0. The van der Waals surface area contributed by atoms with Crippen LogP contribution in [0, 0.1) is 13.8 Å². The van der Waals surface area contributed by atoms with Gasteiger partial charge in [-0.2, -0.15) is 0 Å². The summed E-state index contributed by atoms with van der Waals surface area (Å²) in [7, 11) is 0. The number of nitrogens with one attached hydrogen (secondary N) is 1. The molecule has 1 unspecified atom stereocenters. The van der Waals surface area contributed by atoms with Crippen molar-refractivity contribution in [1.29, 1.82) is 0 Å². The summed E-state index contributed by atoms with van der Waals surface area (Å²) in [6.07, 6.45) is 7.52. The molecule has 4 heterocycles. The summed E-state index contributed by atoms with van der Waals surface area (Å²) in [5.41, 5.74) is 1.84. The van der Waals surface area contributed by atoms with Crippen molar-refractivity contribution < 1.29 is 0 Å². The summed E-state index contributed by atoms with van der Waals surface area (Å²) >= 11 is 0. The average molecular weight is 321 g/mol.